The Kier molecular flexibility index (Phi) is 8.04. The molecule has 1 amide bonds. The van der Waals surface area contributed by atoms with Crippen molar-refractivity contribution in [3.8, 4) is 0 Å². The van der Waals surface area contributed by atoms with Crippen molar-refractivity contribution in [1.29, 1.82) is 0 Å². The van der Waals surface area contributed by atoms with E-state index in [1.807, 2.05) is 0 Å². The SMILES string of the molecule is CC(N)C1CCCN(C(=O)CC(C)C2CCCCC2)C1.Cl. The van der Waals surface area contributed by atoms with Crippen LogP contribution < -0.4 is 5.73 Å². The third kappa shape index (κ3) is 5.45. The van der Waals surface area contributed by atoms with Crippen LogP contribution in [0.4, 0.5) is 0 Å². The molecule has 0 radical (unpaired) electrons. The van der Waals surface area contributed by atoms with Crippen molar-refractivity contribution in [3.05, 3.63) is 0 Å². The van der Waals surface area contributed by atoms with Crippen LogP contribution in [0, 0.1) is 17.8 Å². The molecule has 1 heterocycles. The highest BCUT2D eigenvalue weighted by Gasteiger charge is 2.28. The molecule has 124 valence electrons. The van der Waals surface area contributed by atoms with E-state index >= 15 is 0 Å². The standard InChI is InChI=1S/C17H32N2O.ClH/c1-13(15-7-4-3-5-8-15)11-17(20)19-10-6-9-16(12-19)14(2)18;/h13-16H,3-12,18H2,1-2H3;1H. The zero-order valence-electron chi connectivity index (χ0n) is 13.7. The lowest BCUT2D eigenvalue weighted by molar-refractivity contribution is -0.134. The molecule has 21 heavy (non-hydrogen) atoms. The Labute approximate surface area is 136 Å². The third-order valence-corrected chi connectivity index (χ3v) is 5.51. The highest BCUT2D eigenvalue weighted by atomic mass is 35.5. The Bertz CT molecular complexity index is 316. The van der Waals surface area contributed by atoms with E-state index in [2.05, 4.69) is 18.7 Å². The molecular formula is C17H33ClN2O. The molecule has 0 aromatic heterocycles. The predicted octanol–water partition coefficient (Wildman–Crippen LogP) is 3.60. The topological polar surface area (TPSA) is 46.3 Å². The van der Waals surface area contributed by atoms with Crippen LogP contribution in [0.2, 0.25) is 0 Å². The Morgan fingerprint density at radius 1 is 1.10 bits per heavy atom. The molecule has 2 aliphatic rings. The molecule has 1 saturated carbocycles. The van der Waals surface area contributed by atoms with E-state index in [4.69, 9.17) is 5.73 Å². The van der Waals surface area contributed by atoms with Gasteiger partial charge in [0.1, 0.15) is 0 Å². The Morgan fingerprint density at radius 2 is 1.71 bits per heavy atom. The summed E-state index contributed by atoms with van der Waals surface area (Å²) in [4.78, 5) is 14.6. The fourth-order valence-electron chi connectivity index (χ4n) is 3.94. The third-order valence-electron chi connectivity index (χ3n) is 5.51. The van der Waals surface area contributed by atoms with Crippen LogP contribution in [0.15, 0.2) is 0 Å². The average molecular weight is 317 g/mol. The first-order chi connectivity index (χ1) is 9.58. The maximum absolute atomic E-state index is 12.5. The number of carbonyl (C=O) groups is 1. The van der Waals surface area contributed by atoms with Crippen LogP contribution in [0.5, 0.6) is 0 Å². The number of amides is 1. The lowest BCUT2D eigenvalue weighted by Crippen LogP contribution is -2.45. The van der Waals surface area contributed by atoms with Crippen LogP contribution in [-0.4, -0.2) is 29.9 Å². The van der Waals surface area contributed by atoms with E-state index in [1.165, 1.54) is 38.5 Å². The van der Waals surface area contributed by atoms with E-state index < -0.39 is 0 Å². The van der Waals surface area contributed by atoms with Crippen molar-refractivity contribution in [2.24, 2.45) is 23.5 Å². The molecule has 1 aliphatic heterocycles. The lowest BCUT2D eigenvalue weighted by Gasteiger charge is -2.36. The number of rotatable bonds is 4. The average Bonchev–Trinajstić information content (AvgIpc) is 2.48. The summed E-state index contributed by atoms with van der Waals surface area (Å²) >= 11 is 0. The van der Waals surface area contributed by atoms with Crippen LogP contribution in [-0.2, 0) is 4.79 Å². The zero-order chi connectivity index (χ0) is 14.5. The summed E-state index contributed by atoms with van der Waals surface area (Å²) in [7, 11) is 0. The first-order valence-corrected chi connectivity index (χ1v) is 8.61. The molecule has 1 saturated heterocycles. The molecule has 3 unspecified atom stereocenters. The minimum absolute atomic E-state index is 0. The first kappa shape index (κ1) is 18.8. The number of hydrogen-bond donors (Lipinski definition) is 1. The second kappa shape index (κ2) is 8.99. The molecule has 0 spiro atoms. The smallest absolute Gasteiger partial charge is 0.222 e. The highest BCUT2D eigenvalue weighted by Crippen LogP contribution is 2.32. The number of piperidine rings is 1. The number of halogens is 1. The maximum atomic E-state index is 12.5. The van der Waals surface area contributed by atoms with Crippen LogP contribution in [0.3, 0.4) is 0 Å². The van der Waals surface area contributed by atoms with E-state index in [1.54, 1.807) is 0 Å². The Hall–Kier alpha value is -0.280. The van der Waals surface area contributed by atoms with Crippen molar-refractivity contribution in [3.63, 3.8) is 0 Å². The summed E-state index contributed by atoms with van der Waals surface area (Å²) in [6.45, 7) is 6.18. The molecular weight excluding hydrogens is 284 g/mol. The van der Waals surface area contributed by atoms with E-state index in [0.717, 1.165) is 31.8 Å². The number of carbonyl (C=O) groups excluding carboxylic acids is 1. The van der Waals surface area contributed by atoms with Gasteiger partial charge in [0.15, 0.2) is 0 Å². The summed E-state index contributed by atoms with van der Waals surface area (Å²) < 4.78 is 0. The second-order valence-corrected chi connectivity index (χ2v) is 7.18. The molecule has 3 atom stereocenters. The highest BCUT2D eigenvalue weighted by molar-refractivity contribution is 5.85. The molecule has 0 aromatic rings. The molecule has 1 aliphatic carbocycles. The fraction of sp³-hybridized carbons (Fsp3) is 0.941. The number of nitrogens with two attached hydrogens (primary N) is 1. The van der Waals surface area contributed by atoms with Gasteiger partial charge < -0.3 is 10.6 Å². The Morgan fingerprint density at radius 3 is 2.33 bits per heavy atom. The fourth-order valence-corrected chi connectivity index (χ4v) is 3.94. The van der Waals surface area contributed by atoms with Gasteiger partial charge in [-0.05, 0) is 37.5 Å². The van der Waals surface area contributed by atoms with Gasteiger partial charge in [-0.25, -0.2) is 0 Å². The van der Waals surface area contributed by atoms with Crippen molar-refractivity contribution < 1.29 is 4.79 Å². The van der Waals surface area contributed by atoms with Crippen LogP contribution >= 0.6 is 12.4 Å². The van der Waals surface area contributed by atoms with Crippen molar-refractivity contribution in [2.45, 2.75) is 71.3 Å². The van der Waals surface area contributed by atoms with Gasteiger partial charge >= 0.3 is 0 Å². The summed E-state index contributed by atoms with van der Waals surface area (Å²) in [6, 6.07) is 0.210. The van der Waals surface area contributed by atoms with E-state index in [-0.39, 0.29) is 18.4 Å². The summed E-state index contributed by atoms with van der Waals surface area (Å²) in [6.07, 6.45) is 9.82. The quantitative estimate of drug-likeness (QED) is 0.861. The van der Waals surface area contributed by atoms with Gasteiger partial charge in [-0.3, -0.25) is 4.79 Å². The molecule has 4 heteroatoms. The zero-order valence-corrected chi connectivity index (χ0v) is 14.5. The van der Waals surface area contributed by atoms with Gasteiger partial charge in [0.25, 0.3) is 0 Å². The molecule has 0 aromatic carbocycles. The molecule has 2 N–H and O–H groups in total. The monoisotopic (exact) mass is 316 g/mol. The molecule has 2 rings (SSSR count). The molecule has 3 nitrogen and oxygen atoms in total. The van der Waals surface area contributed by atoms with Gasteiger partial charge in [0.05, 0.1) is 0 Å². The Balaban J connectivity index is 0.00000220. The minimum Gasteiger partial charge on any atom is -0.342 e. The van der Waals surface area contributed by atoms with Gasteiger partial charge in [0.2, 0.25) is 5.91 Å². The summed E-state index contributed by atoms with van der Waals surface area (Å²) in [5, 5.41) is 0. The van der Waals surface area contributed by atoms with Gasteiger partial charge in [0, 0.05) is 25.6 Å². The number of hydrogen-bond acceptors (Lipinski definition) is 2. The van der Waals surface area contributed by atoms with Crippen molar-refractivity contribution >= 4 is 18.3 Å². The number of nitrogens with zero attached hydrogens (tertiary/aromatic N) is 1. The summed E-state index contributed by atoms with van der Waals surface area (Å²) in [5.74, 6) is 2.20. The molecule has 0 bridgehead atoms. The van der Waals surface area contributed by atoms with Crippen molar-refractivity contribution in [2.75, 3.05) is 13.1 Å². The van der Waals surface area contributed by atoms with Crippen molar-refractivity contribution in [1.82, 2.24) is 4.90 Å². The van der Waals surface area contributed by atoms with E-state index in [9.17, 15) is 4.79 Å². The lowest BCUT2D eigenvalue weighted by atomic mass is 9.79. The van der Waals surface area contributed by atoms with Crippen LogP contribution in [0.25, 0.3) is 0 Å². The normalized spacial score (nSPS) is 26.8. The number of likely N-dealkylation sites (tertiary alicyclic amines) is 1. The van der Waals surface area contributed by atoms with Gasteiger partial charge in [-0.2, -0.15) is 0 Å². The minimum atomic E-state index is 0. The largest absolute Gasteiger partial charge is 0.342 e. The second-order valence-electron chi connectivity index (χ2n) is 7.18. The maximum Gasteiger partial charge on any atom is 0.222 e. The van der Waals surface area contributed by atoms with Crippen LogP contribution in [0.1, 0.15) is 65.2 Å². The van der Waals surface area contributed by atoms with Gasteiger partial charge in [-0.1, -0.05) is 39.0 Å². The van der Waals surface area contributed by atoms with Gasteiger partial charge in [-0.15, -0.1) is 12.4 Å². The summed E-state index contributed by atoms with van der Waals surface area (Å²) in [5.41, 5.74) is 6.01. The first-order valence-electron chi connectivity index (χ1n) is 8.61. The van der Waals surface area contributed by atoms with E-state index in [0.29, 0.717) is 17.7 Å². The molecule has 2 fully saturated rings. The predicted molar refractivity (Wildman–Crippen MR) is 90.6 cm³/mol.